The second-order valence-corrected chi connectivity index (χ2v) is 9.56. The molecule has 1 heterocycles. The van der Waals surface area contributed by atoms with Crippen molar-refractivity contribution in [3.8, 4) is 0 Å². The zero-order chi connectivity index (χ0) is 22.6. The van der Waals surface area contributed by atoms with E-state index in [0.29, 0.717) is 31.1 Å². The Morgan fingerprint density at radius 2 is 1.43 bits per heavy atom. The summed E-state index contributed by atoms with van der Waals surface area (Å²) in [5, 5.41) is 4.73. The van der Waals surface area contributed by atoms with E-state index < -0.39 is 22.0 Å². The van der Waals surface area contributed by atoms with Gasteiger partial charge < -0.3 is 5.32 Å². The highest BCUT2D eigenvalue weighted by Gasteiger charge is 2.32. The van der Waals surface area contributed by atoms with Gasteiger partial charge in [-0.2, -0.15) is 4.31 Å². The van der Waals surface area contributed by atoms with Gasteiger partial charge in [0.05, 0.1) is 11.4 Å². The molecule has 166 valence electrons. The summed E-state index contributed by atoms with van der Waals surface area (Å²) in [4.78, 5) is 25.8. The quantitative estimate of drug-likeness (QED) is 0.659. The number of nitrogens with zero attached hydrogens (tertiary/aromatic N) is 2. The van der Waals surface area contributed by atoms with Crippen molar-refractivity contribution < 1.29 is 18.0 Å². The number of rotatable bonds is 6. The van der Waals surface area contributed by atoms with Gasteiger partial charge in [-0.05, 0) is 62.4 Å². The SMILES string of the molecule is C=CCNC(=O)NC(=O)CN1CCN(S(=O)(=O)c2c(C)c(C)c(C)c(C)c2C)CC1. The van der Waals surface area contributed by atoms with Crippen LogP contribution in [0.5, 0.6) is 0 Å². The lowest BCUT2D eigenvalue weighted by Gasteiger charge is -2.34. The van der Waals surface area contributed by atoms with E-state index >= 15 is 0 Å². The zero-order valence-corrected chi connectivity index (χ0v) is 19.3. The molecule has 0 aromatic heterocycles. The lowest BCUT2D eigenvalue weighted by Crippen LogP contribution is -2.52. The molecule has 1 aromatic carbocycles. The van der Waals surface area contributed by atoms with Crippen molar-refractivity contribution >= 4 is 22.0 Å². The summed E-state index contributed by atoms with van der Waals surface area (Å²) in [7, 11) is -3.63. The van der Waals surface area contributed by atoms with Gasteiger partial charge in [0, 0.05) is 32.7 Å². The normalized spacial score (nSPS) is 15.6. The summed E-state index contributed by atoms with van der Waals surface area (Å²) in [6.07, 6.45) is 1.52. The number of urea groups is 1. The maximum absolute atomic E-state index is 13.4. The first-order valence-corrected chi connectivity index (χ1v) is 11.4. The number of sulfonamides is 1. The average Bonchev–Trinajstić information content (AvgIpc) is 2.69. The average molecular weight is 437 g/mol. The highest BCUT2D eigenvalue weighted by molar-refractivity contribution is 7.89. The summed E-state index contributed by atoms with van der Waals surface area (Å²) in [5.74, 6) is -0.427. The van der Waals surface area contributed by atoms with Gasteiger partial charge in [0.15, 0.2) is 0 Å². The summed E-state index contributed by atoms with van der Waals surface area (Å²) < 4.78 is 28.3. The van der Waals surface area contributed by atoms with Crippen LogP contribution in [0.15, 0.2) is 17.6 Å². The van der Waals surface area contributed by atoms with Gasteiger partial charge in [0.2, 0.25) is 15.9 Å². The molecule has 0 atom stereocenters. The first-order chi connectivity index (χ1) is 14.0. The molecule has 0 radical (unpaired) electrons. The lowest BCUT2D eigenvalue weighted by molar-refractivity contribution is -0.121. The summed E-state index contributed by atoms with van der Waals surface area (Å²) in [6, 6.07) is -0.572. The predicted octanol–water partition coefficient (Wildman–Crippen LogP) is 1.55. The Kier molecular flexibility index (Phi) is 7.79. The molecule has 1 fully saturated rings. The van der Waals surface area contributed by atoms with Crippen LogP contribution >= 0.6 is 0 Å². The Labute approximate surface area is 179 Å². The third kappa shape index (κ3) is 5.08. The number of imide groups is 1. The number of hydrogen-bond donors (Lipinski definition) is 2. The zero-order valence-electron chi connectivity index (χ0n) is 18.5. The van der Waals surface area contributed by atoms with Gasteiger partial charge in [-0.1, -0.05) is 6.08 Å². The van der Waals surface area contributed by atoms with E-state index in [-0.39, 0.29) is 13.1 Å². The van der Waals surface area contributed by atoms with Crippen LogP contribution in [-0.2, 0) is 14.8 Å². The fraction of sp³-hybridized carbons (Fsp3) is 0.524. The Balaban J connectivity index is 2.06. The van der Waals surface area contributed by atoms with Gasteiger partial charge in [-0.3, -0.25) is 15.0 Å². The number of carbonyl (C=O) groups is 2. The van der Waals surface area contributed by atoms with Crippen LogP contribution in [0.4, 0.5) is 4.79 Å². The standard InChI is InChI=1S/C21H32N4O4S/c1-7-8-22-21(27)23-19(26)13-24-9-11-25(12-10-24)30(28,29)20-17(5)15(3)14(2)16(4)18(20)6/h7H,1,8-13H2,2-6H3,(H2,22,23,26,27). The van der Waals surface area contributed by atoms with E-state index in [9.17, 15) is 18.0 Å². The smallest absolute Gasteiger partial charge is 0.321 e. The molecule has 2 rings (SSSR count). The number of hydrogen-bond acceptors (Lipinski definition) is 5. The first kappa shape index (κ1) is 24.0. The summed E-state index contributed by atoms with van der Waals surface area (Å²) >= 11 is 0. The van der Waals surface area contributed by atoms with Gasteiger partial charge in [-0.25, -0.2) is 13.2 Å². The number of piperazine rings is 1. The third-order valence-electron chi connectivity index (χ3n) is 5.89. The van der Waals surface area contributed by atoms with E-state index in [1.54, 1.807) is 0 Å². The number of nitrogens with one attached hydrogen (secondary N) is 2. The maximum atomic E-state index is 13.4. The van der Waals surface area contributed by atoms with E-state index in [1.165, 1.54) is 10.4 Å². The van der Waals surface area contributed by atoms with Gasteiger partial charge in [0.1, 0.15) is 0 Å². The number of benzene rings is 1. The highest BCUT2D eigenvalue weighted by atomic mass is 32.2. The monoisotopic (exact) mass is 436 g/mol. The van der Waals surface area contributed by atoms with E-state index in [1.807, 2.05) is 39.5 Å². The van der Waals surface area contributed by atoms with Crippen molar-refractivity contribution in [3.05, 3.63) is 40.5 Å². The molecule has 1 saturated heterocycles. The van der Waals surface area contributed by atoms with E-state index in [2.05, 4.69) is 17.2 Å². The van der Waals surface area contributed by atoms with Crippen molar-refractivity contribution in [2.75, 3.05) is 39.3 Å². The molecule has 0 unspecified atom stereocenters. The minimum Gasteiger partial charge on any atom is -0.334 e. The van der Waals surface area contributed by atoms with Crippen LogP contribution in [-0.4, -0.2) is 68.8 Å². The Bertz CT molecular complexity index is 919. The molecule has 1 aromatic rings. The first-order valence-electron chi connectivity index (χ1n) is 9.98. The molecule has 30 heavy (non-hydrogen) atoms. The third-order valence-corrected chi connectivity index (χ3v) is 8.06. The molecule has 8 nitrogen and oxygen atoms in total. The summed E-state index contributed by atoms with van der Waals surface area (Å²) in [6.45, 7) is 14.9. The van der Waals surface area contributed by atoms with Gasteiger partial charge >= 0.3 is 6.03 Å². The highest BCUT2D eigenvalue weighted by Crippen LogP contribution is 2.31. The molecular weight excluding hydrogens is 404 g/mol. The second-order valence-electron chi connectivity index (χ2n) is 7.68. The van der Waals surface area contributed by atoms with Crippen molar-refractivity contribution in [2.45, 2.75) is 39.5 Å². The molecule has 1 aliphatic heterocycles. The molecular formula is C21H32N4O4S. The number of carbonyl (C=O) groups excluding carboxylic acids is 2. The Morgan fingerprint density at radius 1 is 0.933 bits per heavy atom. The van der Waals surface area contributed by atoms with E-state index in [0.717, 1.165) is 27.8 Å². The lowest BCUT2D eigenvalue weighted by atomic mass is 9.95. The van der Waals surface area contributed by atoms with E-state index in [4.69, 9.17) is 0 Å². The van der Waals surface area contributed by atoms with Crippen LogP contribution in [0, 0.1) is 34.6 Å². The molecule has 0 aliphatic carbocycles. The maximum Gasteiger partial charge on any atom is 0.321 e. The van der Waals surface area contributed by atoms with Crippen LogP contribution in [0.3, 0.4) is 0 Å². The van der Waals surface area contributed by atoms with Crippen molar-refractivity contribution in [1.29, 1.82) is 0 Å². The van der Waals surface area contributed by atoms with Crippen LogP contribution < -0.4 is 10.6 Å². The molecule has 3 amide bonds. The second kappa shape index (κ2) is 9.72. The predicted molar refractivity (Wildman–Crippen MR) is 117 cm³/mol. The van der Waals surface area contributed by atoms with Crippen molar-refractivity contribution in [2.24, 2.45) is 0 Å². The molecule has 0 saturated carbocycles. The van der Waals surface area contributed by atoms with Crippen LogP contribution in [0.25, 0.3) is 0 Å². The van der Waals surface area contributed by atoms with Crippen LogP contribution in [0.1, 0.15) is 27.8 Å². The van der Waals surface area contributed by atoms with Gasteiger partial charge in [-0.15, -0.1) is 6.58 Å². The molecule has 1 aliphatic rings. The molecule has 2 N–H and O–H groups in total. The fourth-order valence-corrected chi connectivity index (χ4v) is 5.67. The molecule has 9 heteroatoms. The molecule has 0 bridgehead atoms. The topological polar surface area (TPSA) is 98.8 Å². The van der Waals surface area contributed by atoms with Crippen LogP contribution in [0.2, 0.25) is 0 Å². The Morgan fingerprint density at radius 3 is 1.93 bits per heavy atom. The minimum atomic E-state index is -3.63. The summed E-state index contributed by atoms with van der Waals surface area (Å²) in [5.41, 5.74) is 4.71. The largest absolute Gasteiger partial charge is 0.334 e. The van der Waals surface area contributed by atoms with Gasteiger partial charge in [0.25, 0.3) is 0 Å². The molecule has 0 spiro atoms. The number of amides is 3. The van der Waals surface area contributed by atoms with Crippen molar-refractivity contribution in [1.82, 2.24) is 19.8 Å². The fourth-order valence-electron chi connectivity index (χ4n) is 3.69. The van der Waals surface area contributed by atoms with Crippen molar-refractivity contribution in [3.63, 3.8) is 0 Å². The minimum absolute atomic E-state index is 0.0379. The Hall–Kier alpha value is -2.23.